The van der Waals surface area contributed by atoms with E-state index in [4.69, 9.17) is 11.6 Å². The molecule has 0 aliphatic heterocycles. The van der Waals surface area contributed by atoms with Gasteiger partial charge in [-0.15, -0.1) is 24.0 Å². The Hall–Kier alpha value is -1.28. The van der Waals surface area contributed by atoms with E-state index >= 15 is 0 Å². The Morgan fingerprint density at radius 2 is 2.23 bits per heavy atom. The smallest absolute Gasteiger partial charge is 0.193 e. The van der Waals surface area contributed by atoms with Gasteiger partial charge >= 0.3 is 0 Å². The maximum absolute atomic E-state index is 6.01. The van der Waals surface area contributed by atoms with E-state index in [1.165, 1.54) is 0 Å². The Bertz CT molecular complexity index is 585. The molecule has 1 aromatic carbocycles. The second-order valence-corrected chi connectivity index (χ2v) is 5.17. The summed E-state index contributed by atoms with van der Waals surface area (Å²) >= 11 is 6.01. The Kier molecular flexibility index (Phi) is 8.26. The average molecular weight is 434 g/mol. The largest absolute Gasteiger partial charge is 0.354 e. The van der Waals surface area contributed by atoms with Crippen molar-refractivity contribution in [3.8, 4) is 0 Å². The normalized spacial score (nSPS) is 11.0. The van der Waals surface area contributed by atoms with Gasteiger partial charge in [0, 0.05) is 44.6 Å². The molecule has 1 N–H and O–H groups in total. The fraction of sp³-hybridized carbons (Fsp3) is 0.333. The Balaban J connectivity index is 0.00000242. The number of nitrogens with zero attached hydrogens (tertiary/aromatic N) is 4. The van der Waals surface area contributed by atoms with Crippen LogP contribution < -0.4 is 5.32 Å². The topological polar surface area (TPSA) is 45.5 Å². The van der Waals surface area contributed by atoms with Gasteiger partial charge in [-0.3, -0.25) is 9.67 Å². The van der Waals surface area contributed by atoms with E-state index in [1.54, 1.807) is 13.2 Å². The van der Waals surface area contributed by atoms with Crippen molar-refractivity contribution in [2.75, 3.05) is 20.6 Å². The number of rotatable bonds is 5. The summed E-state index contributed by atoms with van der Waals surface area (Å²) in [5.74, 6) is 0.849. The van der Waals surface area contributed by atoms with Crippen LogP contribution in [0.4, 0.5) is 0 Å². The van der Waals surface area contributed by atoms with Crippen molar-refractivity contribution in [3.63, 3.8) is 0 Å². The second kappa shape index (κ2) is 9.68. The van der Waals surface area contributed by atoms with Crippen LogP contribution in [-0.4, -0.2) is 41.3 Å². The highest BCUT2D eigenvalue weighted by atomic mass is 127. The first-order valence-corrected chi connectivity index (χ1v) is 7.20. The average Bonchev–Trinajstić information content (AvgIpc) is 2.96. The molecule has 2 rings (SSSR count). The number of hydrogen-bond donors (Lipinski definition) is 1. The van der Waals surface area contributed by atoms with Crippen LogP contribution in [0.3, 0.4) is 0 Å². The van der Waals surface area contributed by atoms with Crippen molar-refractivity contribution in [2.45, 2.75) is 13.1 Å². The molecular weight excluding hydrogens is 413 g/mol. The highest BCUT2D eigenvalue weighted by Crippen LogP contribution is 2.12. The van der Waals surface area contributed by atoms with Crippen molar-refractivity contribution < 1.29 is 0 Å². The van der Waals surface area contributed by atoms with Crippen molar-refractivity contribution in [1.82, 2.24) is 20.0 Å². The Labute approximate surface area is 153 Å². The molecule has 0 spiro atoms. The summed E-state index contributed by atoms with van der Waals surface area (Å²) in [5, 5.41) is 8.25. The van der Waals surface area contributed by atoms with Gasteiger partial charge < -0.3 is 10.2 Å². The standard InChI is InChI=1S/C15H20ClN5.HI/c1-17-15(18-8-10-21-9-4-7-19-21)20(2)12-13-5-3-6-14(16)11-13;/h3-7,9,11H,8,10,12H2,1-2H3,(H,17,18);1H. The molecule has 22 heavy (non-hydrogen) atoms. The van der Waals surface area contributed by atoms with Gasteiger partial charge in [0.2, 0.25) is 0 Å². The molecular formula is C15H21ClIN5. The van der Waals surface area contributed by atoms with Crippen LogP contribution in [0.1, 0.15) is 5.56 Å². The lowest BCUT2D eigenvalue weighted by Gasteiger charge is -2.22. The van der Waals surface area contributed by atoms with E-state index in [0.29, 0.717) is 0 Å². The molecule has 0 amide bonds. The summed E-state index contributed by atoms with van der Waals surface area (Å²) < 4.78 is 1.89. The minimum Gasteiger partial charge on any atom is -0.354 e. The third-order valence-corrected chi connectivity index (χ3v) is 3.30. The monoisotopic (exact) mass is 433 g/mol. The Morgan fingerprint density at radius 3 is 2.86 bits per heavy atom. The second-order valence-electron chi connectivity index (χ2n) is 4.73. The molecule has 0 saturated heterocycles. The minimum atomic E-state index is 0. The minimum absolute atomic E-state index is 0. The van der Waals surface area contributed by atoms with E-state index in [1.807, 2.05) is 42.2 Å². The maximum Gasteiger partial charge on any atom is 0.193 e. The molecule has 0 bridgehead atoms. The summed E-state index contributed by atoms with van der Waals surface area (Å²) in [4.78, 5) is 6.36. The molecule has 1 heterocycles. The molecule has 0 unspecified atom stereocenters. The molecule has 7 heteroatoms. The van der Waals surface area contributed by atoms with Crippen LogP contribution in [0.15, 0.2) is 47.7 Å². The molecule has 1 aromatic heterocycles. The SMILES string of the molecule is CN=C(NCCn1cccn1)N(C)Cc1cccc(Cl)c1.I. The fourth-order valence-electron chi connectivity index (χ4n) is 2.08. The third kappa shape index (κ3) is 5.84. The Morgan fingerprint density at radius 1 is 1.41 bits per heavy atom. The van der Waals surface area contributed by atoms with Crippen LogP contribution in [0.5, 0.6) is 0 Å². The first-order chi connectivity index (χ1) is 10.2. The third-order valence-electron chi connectivity index (χ3n) is 3.07. The maximum atomic E-state index is 6.01. The fourth-order valence-corrected chi connectivity index (χ4v) is 2.30. The highest BCUT2D eigenvalue weighted by molar-refractivity contribution is 14.0. The van der Waals surface area contributed by atoms with Gasteiger partial charge in [-0.1, -0.05) is 23.7 Å². The number of benzene rings is 1. The van der Waals surface area contributed by atoms with E-state index in [0.717, 1.165) is 36.2 Å². The van der Waals surface area contributed by atoms with E-state index in [-0.39, 0.29) is 24.0 Å². The summed E-state index contributed by atoms with van der Waals surface area (Å²) in [5.41, 5.74) is 1.15. The van der Waals surface area contributed by atoms with Crippen LogP contribution in [-0.2, 0) is 13.1 Å². The number of hydrogen-bond acceptors (Lipinski definition) is 2. The number of aromatic nitrogens is 2. The molecule has 0 aliphatic rings. The van der Waals surface area contributed by atoms with Gasteiger partial charge in [-0.05, 0) is 23.8 Å². The molecule has 120 valence electrons. The van der Waals surface area contributed by atoms with Crippen molar-refractivity contribution in [1.29, 1.82) is 0 Å². The zero-order valence-corrected chi connectivity index (χ0v) is 15.8. The van der Waals surface area contributed by atoms with Gasteiger partial charge in [0.1, 0.15) is 0 Å². The molecule has 0 radical (unpaired) electrons. The predicted octanol–water partition coefficient (Wildman–Crippen LogP) is 2.86. The summed E-state index contributed by atoms with van der Waals surface area (Å²) in [6.07, 6.45) is 3.72. The van der Waals surface area contributed by atoms with Crippen LogP contribution >= 0.6 is 35.6 Å². The lowest BCUT2D eigenvalue weighted by molar-refractivity contribution is 0.470. The highest BCUT2D eigenvalue weighted by Gasteiger charge is 2.06. The van der Waals surface area contributed by atoms with Crippen molar-refractivity contribution in [2.24, 2.45) is 4.99 Å². The van der Waals surface area contributed by atoms with E-state index in [2.05, 4.69) is 26.4 Å². The van der Waals surface area contributed by atoms with Gasteiger partial charge in [-0.2, -0.15) is 5.10 Å². The molecule has 0 saturated carbocycles. The predicted molar refractivity (Wildman–Crippen MR) is 102 cm³/mol. The number of guanidine groups is 1. The number of nitrogens with one attached hydrogen (secondary N) is 1. The van der Waals surface area contributed by atoms with Gasteiger partial charge in [0.15, 0.2) is 5.96 Å². The summed E-state index contributed by atoms with van der Waals surface area (Å²) in [6, 6.07) is 9.77. The summed E-state index contributed by atoms with van der Waals surface area (Å²) in [6.45, 7) is 2.33. The lowest BCUT2D eigenvalue weighted by atomic mass is 10.2. The molecule has 0 atom stereocenters. The van der Waals surface area contributed by atoms with Crippen LogP contribution in [0.25, 0.3) is 0 Å². The van der Waals surface area contributed by atoms with Crippen LogP contribution in [0.2, 0.25) is 5.02 Å². The first kappa shape index (κ1) is 18.8. The van der Waals surface area contributed by atoms with Gasteiger partial charge in [-0.25, -0.2) is 0 Å². The quantitative estimate of drug-likeness (QED) is 0.448. The van der Waals surface area contributed by atoms with Crippen molar-refractivity contribution in [3.05, 3.63) is 53.3 Å². The zero-order chi connectivity index (χ0) is 15.1. The first-order valence-electron chi connectivity index (χ1n) is 6.82. The number of aliphatic imine (C=N–C) groups is 1. The van der Waals surface area contributed by atoms with Gasteiger partial charge in [0.05, 0.1) is 6.54 Å². The van der Waals surface area contributed by atoms with E-state index < -0.39 is 0 Å². The van der Waals surface area contributed by atoms with Crippen molar-refractivity contribution >= 4 is 41.5 Å². The molecule has 0 fully saturated rings. The van der Waals surface area contributed by atoms with Crippen LogP contribution in [0, 0.1) is 0 Å². The molecule has 2 aromatic rings. The molecule has 0 aliphatic carbocycles. The molecule has 5 nitrogen and oxygen atoms in total. The number of halogens is 2. The zero-order valence-electron chi connectivity index (χ0n) is 12.7. The lowest BCUT2D eigenvalue weighted by Crippen LogP contribution is -2.39. The van der Waals surface area contributed by atoms with E-state index in [9.17, 15) is 0 Å². The summed E-state index contributed by atoms with van der Waals surface area (Å²) in [7, 11) is 3.79. The van der Waals surface area contributed by atoms with Gasteiger partial charge in [0.25, 0.3) is 0 Å².